The van der Waals surface area contributed by atoms with Crippen molar-refractivity contribution in [1.82, 2.24) is 9.21 Å². The number of rotatable bonds is 3. The number of aryl methyl sites for hydroxylation is 1. The molecule has 1 atom stereocenters. The highest BCUT2D eigenvalue weighted by Gasteiger charge is 2.26. The Balaban J connectivity index is 2.45. The Bertz CT molecular complexity index is 713. The minimum Gasteiger partial charge on any atom is -0.375 e. The highest BCUT2D eigenvalue weighted by atomic mass is 32.2. The molecule has 1 heterocycles. The maximum atomic E-state index is 12.7. The Morgan fingerprint density at radius 3 is 2.52 bits per heavy atom. The van der Waals surface area contributed by atoms with Crippen LogP contribution in [0.4, 0.5) is 0 Å². The van der Waals surface area contributed by atoms with E-state index in [2.05, 4.69) is 0 Å². The largest absolute Gasteiger partial charge is 0.375 e. The van der Waals surface area contributed by atoms with E-state index in [-0.39, 0.29) is 16.9 Å². The van der Waals surface area contributed by atoms with Gasteiger partial charge >= 0.3 is 0 Å². The lowest BCUT2D eigenvalue weighted by molar-refractivity contribution is -0.0124. The van der Waals surface area contributed by atoms with E-state index in [4.69, 9.17) is 4.74 Å². The molecule has 1 fully saturated rings. The van der Waals surface area contributed by atoms with Crippen molar-refractivity contribution < 1.29 is 17.9 Å². The zero-order chi connectivity index (χ0) is 17.4. The van der Waals surface area contributed by atoms with Gasteiger partial charge in [0.15, 0.2) is 0 Å². The summed E-state index contributed by atoms with van der Waals surface area (Å²) in [6, 6.07) is 3.24. The predicted octanol–water partition coefficient (Wildman–Crippen LogP) is 1.41. The van der Waals surface area contributed by atoms with Crippen molar-refractivity contribution in [3.05, 3.63) is 28.8 Å². The van der Waals surface area contributed by atoms with Crippen molar-refractivity contribution >= 4 is 15.9 Å². The van der Waals surface area contributed by atoms with E-state index in [1.54, 1.807) is 17.9 Å². The van der Waals surface area contributed by atoms with Crippen LogP contribution in [0.1, 0.15) is 28.4 Å². The molecule has 0 aromatic heterocycles. The predicted molar refractivity (Wildman–Crippen MR) is 88.1 cm³/mol. The number of morpholine rings is 1. The molecule has 1 aromatic rings. The molecular weight excluding hydrogens is 316 g/mol. The van der Waals surface area contributed by atoms with Crippen LogP contribution in [0, 0.1) is 13.8 Å². The third-order valence-corrected chi connectivity index (χ3v) is 6.09. The second-order valence-electron chi connectivity index (χ2n) is 6.14. The first-order chi connectivity index (χ1) is 10.6. The smallest absolute Gasteiger partial charge is 0.254 e. The van der Waals surface area contributed by atoms with Crippen LogP contribution in [0.15, 0.2) is 17.0 Å². The van der Waals surface area contributed by atoms with Crippen LogP contribution in [0.25, 0.3) is 0 Å². The first-order valence-corrected chi connectivity index (χ1v) is 9.03. The fourth-order valence-corrected chi connectivity index (χ4v) is 3.82. The number of hydrogen-bond acceptors (Lipinski definition) is 4. The highest BCUT2D eigenvalue weighted by Crippen LogP contribution is 2.24. The molecule has 0 saturated carbocycles. The van der Waals surface area contributed by atoms with Gasteiger partial charge in [-0.2, -0.15) is 0 Å². The van der Waals surface area contributed by atoms with Gasteiger partial charge in [-0.3, -0.25) is 4.79 Å². The zero-order valence-corrected chi connectivity index (χ0v) is 15.1. The standard InChI is InChI=1S/C16H24N2O4S/c1-11-8-14(16(19)18-6-7-22-12(2)10-18)9-15(13(11)3)23(20,21)17(4)5/h8-9,12H,6-7,10H2,1-5H3. The maximum Gasteiger partial charge on any atom is 0.254 e. The highest BCUT2D eigenvalue weighted by molar-refractivity contribution is 7.89. The molecule has 2 rings (SSSR count). The molecule has 128 valence electrons. The molecule has 7 heteroatoms. The zero-order valence-electron chi connectivity index (χ0n) is 14.3. The van der Waals surface area contributed by atoms with Crippen molar-refractivity contribution in [2.24, 2.45) is 0 Å². The fraction of sp³-hybridized carbons (Fsp3) is 0.562. The van der Waals surface area contributed by atoms with Crippen molar-refractivity contribution in [3.8, 4) is 0 Å². The van der Waals surface area contributed by atoms with Gasteiger partial charge < -0.3 is 9.64 Å². The van der Waals surface area contributed by atoms with Gasteiger partial charge in [-0.1, -0.05) is 0 Å². The number of carbonyl (C=O) groups is 1. The lowest BCUT2D eigenvalue weighted by Crippen LogP contribution is -2.44. The normalized spacial score (nSPS) is 19.2. The van der Waals surface area contributed by atoms with E-state index in [1.807, 2.05) is 13.8 Å². The molecule has 1 aliphatic heterocycles. The molecule has 1 aromatic carbocycles. The molecule has 1 amide bonds. The van der Waals surface area contributed by atoms with Crippen LogP contribution in [-0.4, -0.2) is 63.4 Å². The summed E-state index contributed by atoms with van der Waals surface area (Å²) < 4.78 is 31.6. The van der Waals surface area contributed by atoms with Gasteiger partial charge in [0.25, 0.3) is 5.91 Å². The molecule has 1 unspecified atom stereocenters. The van der Waals surface area contributed by atoms with E-state index in [9.17, 15) is 13.2 Å². The van der Waals surface area contributed by atoms with Crippen LogP contribution >= 0.6 is 0 Å². The summed E-state index contributed by atoms with van der Waals surface area (Å²) in [5.41, 5.74) is 1.87. The minimum absolute atomic E-state index is 0.00998. The molecule has 1 aliphatic rings. The number of hydrogen-bond donors (Lipinski definition) is 0. The number of ether oxygens (including phenoxy) is 1. The molecule has 0 aliphatic carbocycles. The van der Waals surface area contributed by atoms with Gasteiger partial charge in [0.1, 0.15) is 0 Å². The lowest BCUT2D eigenvalue weighted by atomic mass is 10.0. The average molecular weight is 340 g/mol. The number of benzene rings is 1. The maximum absolute atomic E-state index is 12.7. The van der Waals surface area contributed by atoms with Crippen LogP contribution in [0.2, 0.25) is 0 Å². The molecule has 23 heavy (non-hydrogen) atoms. The summed E-state index contributed by atoms with van der Waals surface area (Å²) in [5, 5.41) is 0. The number of sulfonamides is 1. The molecule has 0 spiro atoms. The fourth-order valence-electron chi connectivity index (χ4n) is 2.60. The van der Waals surface area contributed by atoms with E-state index < -0.39 is 10.0 Å². The van der Waals surface area contributed by atoms with Gasteiger partial charge in [0.05, 0.1) is 17.6 Å². The summed E-state index contributed by atoms with van der Waals surface area (Å²) in [6.45, 7) is 7.04. The molecule has 0 bridgehead atoms. The van der Waals surface area contributed by atoms with Crippen molar-refractivity contribution in [3.63, 3.8) is 0 Å². The van der Waals surface area contributed by atoms with E-state index in [0.717, 1.165) is 5.56 Å². The number of nitrogens with zero attached hydrogens (tertiary/aromatic N) is 2. The van der Waals surface area contributed by atoms with Gasteiger partial charge in [-0.05, 0) is 44.0 Å². The Morgan fingerprint density at radius 2 is 1.96 bits per heavy atom. The van der Waals surface area contributed by atoms with Crippen LogP contribution in [-0.2, 0) is 14.8 Å². The topological polar surface area (TPSA) is 66.9 Å². The average Bonchev–Trinajstić information content (AvgIpc) is 2.48. The summed E-state index contributed by atoms with van der Waals surface area (Å²) >= 11 is 0. The van der Waals surface area contributed by atoms with Crippen LogP contribution in [0.3, 0.4) is 0 Å². The number of amides is 1. The van der Waals surface area contributed by atoms with Gasteiger partial charge in [-0.15, -0.1) is 0 Å². The van der Waals surface area contributed by atoms with E-state index in [1.165, 1.54) is 24.5 Å². The Kier molecular flexibility index (Phi) is 5.13. The van der Waals surface area contributed by atoms with Crippen LogP contribution in [0.5, 0.6) is 0 Å². The Labute approximate surface area is 138 Å². The monoisotopic (exact) mass is 340 g/mol. The molecule has 1 saturated heterocycles. The SMILES string of the molecule is Cc1cc(C(=O)N2CCOC(C)C2)cc(S(=O)(=O)N(C)C)c1C. The molecule has 0 N–H and O–H groups in total. The van der Waals surface area contributed by atoms with Crippen molar-refractivity contribution in [1.29, 1.82) is 0 Å². The summed E-state index contributed by atoms with van der Waals surface area (Å²) in [7, 11) is -0.613. The lowest BCUT2D eigenvalue weighted by Gasteiger charge is -2.31. The summed E-state index contributed by atoms with van der Waals surface area (Å²) in [6.07, 6.45) is -0.00998. The summed E-state index contributed by atoms with van der Waals surface area (Å²) in [4.78, 5) is 14.6. The molecular formula is C16H24N2O4S. The van der Waals surface area contributed by atoms with E-state index in [0.29, 0.717) is 30.8 Å². The van der Waals surface area contributed by atoms with Crippen molar-refractivity contribution in [2.75, 3.05) is 33.8 Å². The van der Waals surface area contributed by atoms with Gasteiger partial charge in [-0.25, -0.2) is 12.7 Å². The van der Waals surface area contributed by atoms with Crippen molar-refractivity contribution in [2.45, 2.75) is 31.8 Å². The van der Waals surface area contributed by atoms with E-state index >= 15 is 0 Å². The van der Waals surface area contributed by atoms with Gasteiger partial charge in [0.2, 0.25) is 10.0 Å². The Morgan fingerprint density at radius 1 is 1.30 bits per heavy atom. The second kappa shape index (κ2) is 6.59. The molecule has 6 nitrogen and oxygen atoms in total. The molecule has 0 radical (unpaired) electrons. The number of carbonyl (C=O) groups excluding carboxylic acids is 1. The van der Waals surface area contributed by atoms with Gasteiger partial charge in [0, 0.05) is 32.7 Å². The summed E-state index contributed by atoms with van der Waals surface area (Å²) in [5.74, 6) is -0.154. The second-order valence-corrected chi connectivity index (χ2v) is 8.26. The quantitative estimate of drug-likeness (QED) is 0.834. The minimum atomic E-state index is -3.59. The van der Waals surface area contributed by atoms with Crippen LogP contribution < -0.4 is 0 Å². The first kappa shape index (κ1) is 17.9. The Hall–Kier alpha value is -1.44. The third kappa shape index (κ3) is 3.57. The first-order valence-electron chi connectivity index (χ1n) is 7.59. The third-order valence-electron chi connectivity index (χ3n) is 4.15.